The first kappa shape index (κ1) is 18.0. The largest absolute Gasteiger partial charge is 0.489 e. The number of rotatable bonds is 8. The molecule has 0 fully saturated rings. The van der Waals surface area contributed by atoms with Gasteiger partial charge in [0.2, 0.25) is 0 Å². The number of ether oxygens (including phenoxy) is 3. The summed E-state index contributed by atoms with van der Waals surface area (Å²) in [6.07, 6.45) is -0.471. The highest BCUT2D eigenvalue weighted by molar-refractivity contribution is 5.98. The van der Waals surface area contributed by atoms with E-state index in [-0.39, 0.29) is 12.5 Å². The van der Waals surface area contributed by atoms with Crippen LogP contribution in [0.1, 0.15) is 16.1 Å². The monoisotopic (exact) mass is 354 g/mol. The fourth-order valence-electron chi connectivity index (χ4n) is 2.60. The minimum absolute atomic E-state index is 0.216. The van der Waals surface area contributed by atoms with Crippen LogP contribution in [-0.2, 0) is 16.1 Å². The van der Waals surface area contributed by atoms with Gasteiger partial charge in [-0.15, -0.1) is 0 Å². The maximum Gasteiger partial charge on any atom is 0.267 e. The van der Waals surface area contributed by atoms with Gasteiger partial charge in [0.25, 0.3) is 5.91 Å². The third kappa shape index (κ3) is 4.41. The Hall–Kier alpha value is -2.83. The van der Waals surface area contributed by atoms with Gasteiger partial charge in [-0.05, 0) is 29.8 Å². The summed E-state index contributed by atoms with van der Waals surface area (Å²) in [6, 6.07) is 17.5. The molecule has 3 aromatic rings. The molecule has 0 radical (unpaired) electrons. The lowest BCUT2D eigenvalue weighted by molar-refractivity contribution is -0.0974. The van der Waals surface area contributed by atoms with E-state index in [0.29, 0.717) is 12.3 Å². The molecular formula is C20H22N2O4. The molecule has 1 aromatic heterocycles. The Bertz CT molecular complexity index is 857. The summed E-state index contributed by atoms with van der Waals surface area (Å²) in [4.78, 5) is 15.4. The molecule has 6 heteroatoms. The number of carbonyl (C=O) groups excluding carboxylic acids is 1. The van der Waals surface area contributed by atoms with E-state index in [9.17, 15) is 4.79 Å². The minimum atomic E-state index is -0.471. The Morgan fingerprint density at radius 3 is 2.58 bits per heavy atom. The van der Waals surface area contributed by atoms with Gasteiger partial charge in [0.05, 0.1) is 6.54 Å². The van der Waals surface area contributed by atoms with Crippen molar-refractivity contribution in [1.82, 2.24) is 10.3 Å². The van der Waals surface area contributed by atoms with Crippen LogP contribution < -0.4 is 10.1 Å². The number of hydrogen-bond acceptors (Lipinski definition) is 4. The van der Waals surface area contributed by atoms with Crippen LogP contribution in [0.4, 0.5) is 0 Å². The standard InChI is InChI=1S/C20H22N2O4/c1-24-19(25-2)12-21-20(23)18-11-15-10-16(8-9-17(15)22-18)26-13-14-6-4-3-5-7-14/h3-11,19,22H,12-13H2,1-2H3,(H,21,23). The van der Waals surface area contributed by atoms with Crippen molar-refractivity contribution < 1.29 is 19.0 Å². The molecule has 0 aliphatic heterocycles. The highest BCUT2D eigenvalue weighted by atomic mass is 16.7. The number of carbonyl (C=O) groups is 1. The van der Waals surface area contributed by atoms with E-state index < -0.39 is 6.29 Å². The molecule has 0 aliphatic rings. The predicted molar refractivity (Wildman–Crippen MR) is 99.2 cm³/mol. The molecule has 0 unspecified atom stereocenters. The molecule has 2 N–H and O–H groups in total. The number of aromatic amines is 1. The maximum absolute atomic E-state index is 12.3. The van der Waals surface area contributed by atoms with Crippen molar-refractivity contribution in [1.29, 1.82) is 0 Å². The molecule has 6 nitrogen and oxygen atoms in total. The highest BCUT2D eigenvalue weighted by Gasteiger charge is 2.12. The molecule has 1 amide bonds. The number of nitrogens with one attached hydrogen (secondary N) is 2. The molecule has 2 aromatic carbocycles. The lowest BCUT2D eigenvalue weighted by atomic mass is 10.2. The van der Waals surface area contributed by atoms with Gasteiger partial charge in [0.15, 0.2) is 6.29 Å². The molecule has 136 valence electrons. The molecule has 0 atom stereocenters. The van der Waals surface area contributed by atoms with Crippen LogP contribution in [0.3, 0.4) is 0 Å². The average molecular weight is 354 g/mol. The lowest BCUT2D eigenvalue weighted by Gasteiger charge is -2.13. The van der Waals surface area contributed by atoms with Gasteiger partial charge in [-0.1, -0.05) is 30.3 Å². The SMILES string of the molecule is COC(CNC(=O)c1cc2cc(OCc3ccccc3)ccc2[nH]1)OC. The Morgan fingerprint density at radius 2 is 1.85 bits per heavy atom. The second-order valence-corrected chi connectivity index (χ2v) is 5.82. The van der Waals surface area contributed by atoms with Gasteiger partial charge in [0.1, 0.15) is 18.1 Å². The van der Waals surface area contributed by atoms with Gasteiger partial charge in [-0.2, -0.15) is 0 Å². The third-order valence-corrected chi connectivity index (χ3v) is 4.04. The van der Waals surface area contributed by atoms with Crippen molar-refractivity contribution >= 4 is 16.8 Å². The van der Waals surface area contributed by atoms with Gasteiger partial charge in [-0.25, -0.2) is 0 Å². The lowest BCUT2D eigenvalue weighted by Crippen LogP contribution is -2.34. The van der Waals surface area contributed by atoms with Crippen molar-refractivity contribution in [2.45, 2.75) is 12.9 Å². The number of fused-ring (bicyclic) bond motifs is 1. The van der Waals surface area contributed by atoms with Gasteiger partial charge >= 0.3 is 0 Å². The van der Waals surface area contributed by atoms with E-state index in [2.05, 4.69) is 10.3 Å². The number of benzene rings is 2. The van der Waals surface area contributed by atoms with E-state index in [1.807, 2.05) is 48.5 Å². The van der Waals surface area contributed by atoms with Crippen molar-refractivity contribution in [3.8, 4) is 5.75 Å². The van der Waals surface area contributed by atoms with Crippen LogP contribution in [0.25, 0.3) is 10.9 Å². The third-order valence-electron chi connectivity index (χ3n) is 4.04. The van der Waals surface area contributed by atoms with Crippen LogP contribution in [0, 0.1) is 0 Å². The van der Waals surface area contributed by atoms with E-state index in [4.69, 9.17) is 14.2 Å². The smallest absolute Gasteiger partial charge is 0.267 e. The molecule has 3 rings (SSSR count). The average Bonchev–Trinajstić information content (AvgIpc) is 3.11. The van der Waals surface area contributed by atoms with E-state index in [1.54, 1.807) is 6.07 Å². The number of amides is 1. The summed E-state index contributed by atoms with van der Waals surface area (Å²) in [7, 11) is 3.06. The summed E-state index contributed by atoms with van der Waals surface area (Å²) < 4.78 is 16.0. The van der Waals surface area contributed by atoms with Crippen molar-refractivity contribution in [2.24, 2.45) is 0 Å². The second kappa shape index (κ2) is 8.51. The number of hydrogen-bond donors (Lipinski definition) is 2. The van der Waals surface area contributed by atoms with Crippen molar-refractivity contribution in [3.05, 3.63) is 65.9 Å². The maximum atomic E-state index is 12.3. The predicted octanol–water partition coefficient (Wildman–Crippen LogP) is 3.10. The van der Waals surface area contributed by atoms with Gasteiger partial charge < -0.3 is 24.5 Å². The van der Waals surface area contributed by atoms with E-state index in [1.165, 1.54) is 14.2 Å². The molecule has 0 aliphatic carbocycles. The molecule has 0 bridgehead atoms. The zero-order chi connectivity index (χ0) is 18.4. The number of H-pyrrole nitrogens is 1. The summed E-state index contributed by atoms with van der Waals surface area (Å²) in [5.74, 6) is 0.540. The van der Waals surface area contributed by atoms with Crippen molar-refractivity contribution in [3.63, 3.8) is 0 Å². The Morgan fingerprint density at radius 1 is 1.08 bits per heavy atom. The summed E-state index contributed by atoms with van der Waals surface area (Å²) in [5.41, 5.74) is 2.45. The Kier molecular flexibility index (Phi) is 5.88. The Balaban J connectivity index is 1.66. The highest BCUT2D eigenvalue weighted by Crippen LogP contribution is 2.22. The fourth-order valence-corrected chi connectivity index (χ4v) is 2.60. The first-order chi connectivity index (χ1) is 12.7. The molecule has 0 spiro atoms. The van der Waals surface area contributed by atoms with Crippen LogP contribution in [0.5, 0.6) is 5.75 Å². The second-order valence-electron chi connectivity index (χ2n) is 5.82. The first-order valence-corrected chi connectivity index (χ1v) is 8.33. The molecule has 1 heterocycles. The fraction of sp³-hybridized carbons (Fsp3) is 0.250. The Labute approximate surface area is 152 Å². The van der Waals surface area contributed by atoms with Crippen LogP contribution in [-0.4, -0.2) is 37.9 Å². The zero-order valence-corrected chi connectivity index (χ0v) is 14.8. The molecule has 0 saturated heterocycles. The number of aromatic nitrogens is 1. The topological polar surface area (TPSA) is 72.6 Å². The molecule has 26 heavy (non-hydrogen) atoms. The minimum Gasteiger partial charge on any atom is -0.489 e. The number of methoxy groups -OCH3 is 2. The summed E-state index contributed by atoms with van der Waals surface area (Å²) in [5, 5.41) is 3.68. The zero-order valence-electron chi connectivity index (χ0n) is 14.8. The van der Waals surface area contributed by atoms with E-state index in [0.717, 1.165) is 22.2 Å². The van der Waals surface area contributed by atoms with Crippen LogP contribution in [0.2, 0.25) is 0 Å². The molecular weight excluding hydrogens is 332 g/mol. The molecule has 0 saturated carbocycles. The van der Waals surface area contributed by atoms with Crippen molar-refractivity contribution in [2.75, 3.05) is 20.8 Å². The van der Waals surface area contributed by atoms with E-state index >= 15 is 0 Å². The van der Waals surface area contributed by atoms with Crippen LogP contribution in [0.15, 0.2) is 54.6 Å². The first-order valence-electron chi connectivity index (χ1n) is 8.33. The van der Waals surface area contributed by atoms with Crippen LogP contribution >= 0.6 is 0 Å². The summed E-state index contributed by atoms with van der Waals surface area (Å²) in [6.45, 7) is 0.770. The summed E-state index contributed by atoms with van der Waals surface area (Å²) >= 11 is 0. The normalized spacial score (nSPS) is 11.0. The quantitative estimate of drug-likeness (QED) is 0.610. The van der Waals surface area contributed by atoms with Gasteiger partial charge in [0, 0.05) is 25.1 Å². The van der Waals surface area contributed by atoms with Gasteiger partial charge in [-0.3, -0.25) is 4.79 Å².